The van der Waals surface area contributed by atoms with Gasteiger partial charge in [0.1, 0.15) is 6.07 Å². The Morgan fingerprint density at radius 1 is 1.42 bits per heavy atom. The molecule has 0 bridgehead atoms. The summed E-state index contributed by atoms with van der Waals surface area (Å²) in [5.74, 6) is 0. The van der Waals surface area contributed by atoms with Crippen LogP contribution in [0.4, 0.5) is 18.9 Å². The number of anilines is 1. The minimum absolute atomic E-state index is 0.0315. The van der Waals surface area contributed by atoms with Gasteiger partial charge in [0.05, 0.1) is 16.8 Å². The van der Waals surface area contributed by atoms with Crippen LogP contribution >= 0.6 is 0 Å². The summed E-state index contributed by atoms with van der Waals surface area (Å²) in [4.78, 5) is 0. The predicted molar refractivity (Wildman–Crippen MR) is 65.6 cm³/mol. The van der Waals surface area contributed by atoms with E-state index in [9.17, 15) is 13.2 Å². The Bertz CT molecular complexity index is 466. The van der Waals surface area contributed by atoms with Crippen molar-refractivity contribution in [3.63, 3.8) is 0 Å². The molecule has 19 heavy (non-hydrogen) atoms. The fourth-order valence-corrected chi connectivity index (χ4v) is 1.67. The van der Waals surface area contributed by atoms with Crippen LogP contribution in [0, 0.1) is 11.3 Å². The SMILES string of the molecule is CC(CCCO)Nc1ccc(C(F)(F)F)cc1C#N. The van der Waals surface area contributed by atoms with Crippen LogP contribution < -0.4 is 5.32 Å². The van der Waals surface area contributed by atoms with E-state index in [0.717, 1.165) is 12.1 Å². The van der Waals surface area contributed by atoms with Crippen molar-refractivity contribution in [1.82, 2.24) is 0 Å². The highest BCUT2D eigenvalue weighted by Gasteiger charge is 2.31. The number of halogens is 3. The van der Waals surface area contributed by atoms with Crippen LogP contribution in [0.3, 0.4) is 0 Å². The first-order valence-electron chi connectivity index (χ1n) is 5.87. The first kappa shape index (κ1) is 15.3. The lowest BCUT2D eigenvalue weighted by molar-refractivity contribution is -0.137. The second-order valence-corrected chi connectivity index (χ2v) is 4.28. The molecule has 0 aliphatic heterocycles. The number of aliphatic hydroxyl groups excluding tert-OH is 1. The van der Waals surface area contributed by atoms with Crippen LogP contribution in [-0.4, -0.2) is 17.8 Å². The molecule has 1 rings (SSSR count). The third kappa shape index (κ3) is 4.45. The fourth-order valence-electron chi connectivity index (χ4n) is 1.67. The van der Waals surface area contributed by atoms with Crippen molar-refractivity contribution >= 4 is 5.69 Å². The number of aliphatic hydroxyl groups is 1. The summed E-state index contributed by atoms with van der Waals surface area (Å²) in [6, 6.07) is 4.77. The maximum atomic E-state index is 12.5. The summed E-state index contributed by atoms with van der Waals surface area (Å²) in [6.07, 6.45) is -3.19. The van der Waals surface area contributed by atoms with E-state index in [1.807, 2.05) is 6.92 Å². The van der Waals surface area contributed by atoms with Gasteiger partial charge >= 0.3 is 6.18 Å². The molecule has 0 aromatic heterocycles. The zero-order valence-electron chi connectivity index (χ0n) is 10.5. The van der Waals surface area contributed by atoms with Gasteiger partial charge in [-0.1, -0.05) is 0 Å². The predicted octanol–water partition coefficient (Wildman–Crippen LogP) is 3.15. The van der Waals surface area contributed by atoms with Gasteiger partial charge in [0.15, 0.2) is 0 Å². The summed E-state index contributed by atoms with van der Waals surface area (Å²) >= 11 is 0. The normalized spacial score (nSPS) is 12.8. The first-order valence-corrected chi connectivity index (χ1v) is 5.87. The average molecular weight is 272 g/mol. The van der Waals surface area contributed by atoms with Crippen molar-refractivity contribution in [2.45, 2.75) is 32.0 Å². The second kappa shape index (κ2) is 6.43. The highest BCUT2D eigenvalue weighted by Crippen LogP contribution is 2.31. The van der Waals surface area contributed by atoms with Crippen molar-refractivity contribution in [1.29, 1.82) is 5.26 Å². The van der Waals surface area contributed by atoms with E-state index in [2.05, 4.69) is 5.32 Å². The Kier molecular flexibility index (Phi) is 5.19. The van der Waals surface area contributed by atoms with E-state index in [-0.39, 0.29) is 18.2 Å². The molecule has 0 fully saturated rings. The average Bonchev–Trinajstić information content (AvgIpc) is 2.35. The number of nitrogens with zero attached hydrogens (tertiary/aromatic N) is 1. The molecule has 0 radical (unpaired) electrons. The molecule has 104 valence electrons. The van der Waals surface area contributed by atoms with E-state index >= 15 is 0 Å². The van der Waals surface area contributed by atoms with Gasteiger partial charge in [-0.3, -0.25) is 0 Å². The van der Waals surface area contributed by atoms with Gasteiger partial charge in [-0.2, -0.15) is 18.4 Å². The molecule has 2 N–H and O–H groups in total. The number of hydrogen-bond donors (Lipinski definition) is 2. The maximum absolute atomic E-state index is 12.5. The third-order valence-corrected chi connectivity index (χ3v) is 2.66. The number of nitrogens with one attached hydrogen (secondary N) is 1. The number of alkyl halides is 3. The lowest BCUT2D eigenvalue weighted by atomic mass is 10.1. The summed E-state index contributed by atoms with van der Waals surface area (Å²) in [5.41, 5.74) is -0.496. The van der Waals surface area contributed by atoms with Gasteiger partial charge in [0.25, 0.3) is 0 Å². The van der Waals surface area contributed by atoms with Gasteiger partial charge < -0.3 is 10.4 Å². The molecule has 1 atom stereocenters. The van der Waals surface area contributed by atoms with E-state index < -0.39 is 11.7 Å². The highest BCUT2D eigenvalue weighted by molar-refractivity contribution is 5.59. The molecule has 1 aromatic rings. The minimum Gasteiger partial charge on any atom is -0.396 e. The van der Waals surface area contributed by atoms with E-state index in [0.29, 0.717) is 18.5 Å². The Labute approximate surface area is 109 Å². The maximum Gasteiger partial charge on any atom is 0.416 e. The van der Waals surface area contributed by atoms with Gasteiger partial charge in [-0.05, 0) is 38.0 Å². The van der Waals surface area contributed by atoms with Crippen LogP contribution in [-0.2, 0) is 6.18 Å². The molecule has 0 aliphatic rings. The molecule has 1 unspecified atom stereocenters. The zero-order chi connectivity index (χ0) is 14.5. The fraction of sp³-hybridized carbons (Fsp3) is 0.462. The van der Waals surface area contributed by atoms with Crippen LogP contribution in [0.1, 0.15) is 30.9 Å². The second-order valence-electron chi connectivity index (χ2n) is 4.28. The Morgan fingerprint density at radius 2 is 2.11 bits per heavy atom. The van der Waals surface area contributed by atoms with Crippen molar-refractivity contribution in [2.75, 3.05) is 11.9 Å². The summed E-state index contributed by atoms with van der Waals surface area (Å²) in [6.45, 7) is 1.90. The van der Waals surface area contributed by atoms with Crippen LogP contribution in [0.5, 0.6) is 0 Å². The monoisotopic (exact) mass is 272 g/mol. The molecule has 0 heterocycles. The standard InChI is InChI=1S/C13H15F3N2O/c1-9(3-2-6-19)18-12-5-4-11(13(14,15)16)7-10(12)8-17/h4-5,7,9,18-19H,2-3,6H2,1H3. The quantitative estimate of drug-likeness (QED) is 0.865. The summed E-state index contributed by atoms with van der Waals surface area (Å²) in [7, 11) is 0. The van der Waals surface area contributed by atoms with Crippen molar-refractivity contribution in [3.8, 4) is 6.07 Å². The summed E-state index contributed by atoms with van der Waals surface area (Å²) in [5, 5.41) is 20.6. The van der Waals surface area contributed by atoms with Gasteiger partial charge in [-0.15, -0.1) is 0 Å². The lowest BCUT2D eigenvalue weighted by Crippen LogP contribution is -2.16. The molecular weight excluding hydrogens is 257 g/mol. The van der Waals surface area contributed by atoms with Crippen LogP contribution in [0.2, 0.25) is 0 Å². The number of rotatable bonds is 5. The molecule has 0 saturated carbocycles. The Morgan fingerprint density at radius 3 is 2.63 bits per heavy atom. The zero-order valence-corrected chi connectivity index (χ0v) is 10.5. The molecule has 3 nitrogen and oxygen atoms in total. The molecule has 1 aromatic carbocycles. The van der Waals surface area contributed by atoms with Crippen LogP contribution in [0.15, 0.2) is 18.2 Å². The lowest BCUT2D eigenvalue weighted by Gasteiger charge is -2.16. The number of benzene rings is 1. The Balaban J connectivity index is 2.89. The number of hydrogen-bond acceptors (Lipinski definition) is 3. The van der Waals surface area contributed by atoms with Crippen molar-refractivity contribution < 1.29 is 18.3 Å². The highest BCUT2D eigenvalue weighted by atomic mass is 19.4. The third-order valence-electron chi connectivity index (χ3n) is 2.66. The van der Waals surface area contributed by atoms with Gasteiger partial charge in [0.2, 0.25) is 0 Å². The molecule has 0 aliphatic carbocycles. The van der Waals surface area contributed by atoms with E-state index in [4.69, 9.17) is 10.4 Å². The molecular formula is C13H15F3N2O. The largest absolute Gasteiger partial charge is 0.416 e. The number of nitriles is 1. The van der Waals surface area contributed by atoms with Crippen molar-refractivity contribution in [3.05, 3.63) is 29.3 Å². The van der Waals surface area contributed by atoms with E-state index in [1.54, 1.807) is 6.07 Å². The summed E-state index contributed by atoms with van der Waals surface area (Å²) < 4.78 is 37.5. The van der Waals surface area contributed by atoms with E-state index in [1.165, 1.54) is 6.07 Å². The Hall–Kier alpha value is -1.74. The first-order chi connectivity index (χ1) is 8.88. The molecule has 0 saturated heterocycles. The smallest absolute Gasteiger partial charge is 0.396 e. The van der Waals surface area contributed by atoms with Crippen molar-refractivity contribution in [2.24, 2.45) is 0 Å². The molecule has 6 heteroatoms. The molecule has 0 amide bonds. The topological polar surface area (TPSA) is 56.0 Å². The van der Waals surface area contributed by atoms with Gasteiger partial charge in [-0.25, -0.2) is 0 Å². The minimum atomic E-state index is -4.45. The molecule has 0 spiro atoms. The van der Waals surface area contributed by atoms with Gasteiger partial charge in [0, 0.05) is 12.6 Å². The van der Waals surface area contributed by atoms with Crippen LogP contribution in [0.25, 0.3) is 0 Å².